The monoisotopic (exact) mass is 296 g/mol. The topological polar surface area (TPSA) is 79.3 Å². The molecule has 0 saturated carbocycles. The molecule has 0 spiro atoms. The third kappa shape index (κ3) is 5.47. The molecule has 0 aliphatic heterocycles. The molecule has 1 aromatic rings. The Kier molecular flexibility index (Phi) is 6.84. The Morgan fingerprint density at radius 1 is 1.29 bits per heavy atom. The number of anilines is 2. The number of rotatable bonds is 9. The van der Waals surface area contributed by atoms with Crippen LogP contribution in [0, 0.1) is 6.92 Å². The summed E-state index contributed by atoms with van der Waals surface area (Å²) in [6.45, 7) is 6.81. The maximum Gasteiger partial charge on any atom is 0.134 e. The SMILES string of the molecule is CCCc1nc(NC)c(C)c(NCC(C)(O)CCOC)n1. The number of nitrogens with zero attached hydrogens (tertiary/aromatic N) is 2. The summed E-state index contributed by atoms with van der Waals surface area (Å²) in [4.78, 5) is 9.04. The van der Waals surface area contributed by atoms with Crippen molar-refractivity contribution in [1.29, 1.82) is 0 Å². The van der Waals surface area contributed by atoms with Gasteiger partial charge in [-0.25, -0.2) is 9.97 Å². The van der Waals surface area contributed by atoms with E-state index in [1.165, 1.54) is 0 Å². The van der Waals surface area contributed by atoms with Crippen molar-refractivity contribution in [2.24, 2.45) is 0 Å². The van der Waals surface area contributed by atoms with Crippen LogP contribution in [0.15, 0.2) is 0 Å². The molecule has 0 saturated heterocycles. The van der Waals surface area contributed by atoms with E-state index in [2.05, 4.69) is 27.5 Å². The van der Waals surface area contributed by atoms with Gasteiger partial charge in [0.1, 0.15) is 17.5 Å². The van der Waals surface area contributed by atoms with Gasteiger partial charge < -0.3 is 20.5 Å². The molecule has 0 radical (unpaired) electrons. The van der Waals surface area contributed by atoms with Gasteiger partial charge in [-0.3, -0.25) is 0 Å². The molecule has 1 aromatic heterocycles. The standard InChI is InChI=1S/C15H28N4O2/c1-6-7-12-18-13(16-4)11(2)14(19-12)17-10-15(3,20)8-9-21-5/h20H,6-10H2,1-5H3,(H2,16,17,18,19). The van der Waals surface area contributed by atoms with Crippen LogP contribution in [-0.2, 0) is 11.2 Å². The van der Waals surface area contributed by atoms with E-state index in [4.69, 9.17) is 4.74 Å². The third-order valence-electron chi connectivity index (χ3n) is 3.38. The predicted octanol–water partition coefficient (Wildman–Crippen LogP) is 1.98. The Morgan fingerprint density at radius 3 is 2.52 bits per heavy atom. The van der Waals surface area contributed by atoms with Gasteiger partial charge in [-0.05, 0) is 20.3 Å². The first-order valence-electron chi connectivity index (χ1n) is 7.44. The van der Waals surface area contributed by atoms with E-state index >= 15 is 0 Å². The summed E-state index contributed by atoms with van der Waals surface area (Å²) in [5.41, 5.74) is 0.123. The Balaban J connectivity index is 2.84. The predicted molar refractivity (Wildman–Crippen MR) is 85.9 cm³/mol. The van der Waals surface area contributed by atoms with Crippen LogP contribution in [0.4, 0.5) is 11.6 Å². The lowest BCUT2D eigenvalue weighted by molar-refractivity contribution is 0.0357. The normalized spacial score (nSPS) is 13.8. The Bertz CT molecular complexity index is 450. The lowest BCUT2D eigenvalue weighted by Crippen LogP contribution is -2.35. The van der Waals surface area contributed by atoms with E-state index in [1.54, 1.807) is 14.0 Å². The molecule has 1 atom stereocenters. The lowest BCUT2D eigenvalue weighted by Gasteiger charge is -2.24. The van der Waals surface area contributed by atoms with Crippen molar-refractivity contribution >= 4 is 11.6 Å². The van der Waals surface area contributed by atoms with E-state index in [0.29, 0.717) is 19.6 Å². The van der Waals surface area contributed by atoms with E-state index in [-0.39, 0.29) is 0 Å². The van der Waals surface area contributed by atoms with Crippen LogP contribution >= 0.6 is 0 Å². The number of ether oxygens (including phenoxy) is 1. The second-order valence-electron chi connectivity index (χ2n) is 5.56. The molecule has 0 aliphatic carbocycles. The summed E-state index contributed by atoms with van der Waals surface area (Å²) in [6.07, 6.45) is 2.41. The highest BCUT2D eigenvalue weighted by molar-refractivity contribution is 5.57. The highest BCUT2D eigenvalue weighted by Crippen LogP contribution is 2.21. The van der Waals surface area contributed by atoms with Crippen molar-refractivity contribution in [2.45, 2.75) is 45.6 Å². The summed E-state index contributed by atoms with van der Waals surface area (Å²) >= 11 is 0. The molecule has 1 unspecified atom stereocenters. The first-order valence-corrected chi connectivity index (χ1v) is 7.44. The number of hydrogen-bond acceptors (Lipinski definition) is 6. The molecular formula is C15H28N4O2. The average Bonchev–Trinajstić information content (AvgIpc) is 2.45. The van der Waals surface area contributed by atoms with Crippen LogP contribution in [0.25, 0.3) is 0 Å². The van der Waals surface area contributed by atoms with Crippen molar-refractivity contribution in [3.05, 3.63) is 11.4 Å². The van der Waals surface area contributed by atoms with E-state index in [0.717, 1.165) is 35.9 Å². The summed E-state index contributed by atoms with van der Waals surface area (Å²) in [7, 11) is 3.48. The number of aliphatic hydroxyl groups is 1. The highest BCUT2D eigenvalue weighted by atomic mass is 16.5. The van der Waals surface area contributed by atoms with Crippen molar-refractivity contribution in [3.63, 3.8) is 0 Å². The second kappa shape index (κ2) is 8.14. The van der Waals surface area contributed by atoms with Gasteiger partial charge >= 0.3 is 0 Å². The average molecular weight is 296 g/mol. The summed E-state index contributed by atoms with van der Waals surface area (Å²) < 4.78 is 5.02. The van der Waals surface area contributed by atoms with Crippen LogP contribution in [0.5, 0.6) is 0 Å². The second-order valence-corrected chi connectivity index (χ2v) is 5.56. The third-order valence-corrected chi connectivity index (χ3v) is 3.38. The molecule has 21 heavy (non-hydrogen) atoms. The fourth-order valence-corrected chi connectivity index (χ4v) is 2.00. The molecule has 6 nitrogen and oxygen atoms in total. The van der Waals surface area contributed by atoms with Crippen molar-refractivity contribution in [2.75, 3.05) is 37.9 Å². The quantitative estimate of drug-likeness (QED) is 0.646. The number of aryl methyl sites for hydroxylation is 1. The number of aromatic nitrogens is 2. The number of nitrogens with one attached hydrogen (secondary N) is 2. The lowest BCUT2D eigenvalue weighted by atomic mass is 10.0. The molecule has 0 aliphatic rings. The molecular weight excluding hydrogens is 268 g/mol. The van der Waals surface area contributed by atoms with Crippen molar-refractivity contribution in [3.8, 4) is 0 Å². The van der Waals surface area contributed by atoms with E-state index in [1.807, 2.05) is 14.0 Å². The molecule has 0 bridgehead atoms. The molecule has 120 valence electrons. The summed E-state index contributed by atoms with van der Waals surface area (Å²) in [5.74, 6) is 2.41. The zero-order valence-electron chi connectivity index (χ0n) is 13.8. The summed E-state index contributed by atoms with van der Waals surface area (Å²) in [5, 5.41) is 16.6. The Hall–Kier alpha value is -1.40. The first kappa shape index (κ1) is 17.7. The number of hydrogen-bond donors (Lipinski definition) is 3. The van der Waals surface area contributed by atoms with Gasteiger partial charge in [-0.2, -0.15) is 0 Å². The highest BCUT2D eigenvalue weighted by Gasteiger charge is 2.21. The molecule has 0 aromatic carbocycles. The molecule has 0 amide bonds. The molecule has 1 rings (SSSR count). The molecule has 6 heteroatoms. The van der Waals surface area contributed by atoms with Gasteiger partial charge in [-0.1, -0.05) is 6.92 Å². The van der Waals surface area contributed by atoms with E-state index in [9.17, 15) is 5.11 Å². The number of methoxy groups -OCH3 is 1. The first-order chi connectivity index (χ1) is 9.93. The van der Waals surface area contributed by atoms with Gasteiger partial charge in [0.2, 0.25) is 0 Å². The van der Waals surface area contributed by atoms with Gasteiger partial charge in [0.25, 0.3) is 0 Å². The minimum absolute atomic E-state index is 0.420. The van der Waals surface area contributed by atoms with Crippen LogP contribution < -0.4 is 10.6 Å². The Labute approximate surface area is 127 Å². The molecule has 0 fully saturated rings. The Morgan fingerprint density at radius 2 is 1.95 bits per heavy atom. The van der Waals surface area contributed by atoms with Crippen LogP contribution in [0.2, 0.25) is 0 Å². The fraction of sp³-hybridized carbons (Fsp3) is 0.733. The van der Waals surface area contributed by atoms with Crippen molar-refractivity contribution < 1.29 is 9.84 Å². The van der Waals surface area contributed by atoms with Gasteiger partial charge in [-0.15, -0.1) is 0 Å². The van der Waals surface area contributed by atoms with Crippen LogP contribution in [0.3, 0.4) is 0 Å². The molecule has 3 N–H and O–H groups in total. The van der Waals surface area contributed by atoms with E-state index < -0.39 is 5.60 Å². The summed E-state index contributed by atoms with van der Waals surface area (Å²) in [6, 6.07) is 0. The van der Waals surface area contributed by atoms with Gasteiger partial charge in [0.15, 0.2) is 0 Å². The van der Waals surface area contributed by atoms with Gasteiger partial charge in [0.05, 0.1) is 5.60 Å². The zero-order chi connectivity index (χ0) is 15.9. The minimum Gasteiger partial charge on any atom is -0.388 e. The van der Waals surface area contributed by atoms with Crippen LogP contribution in [-0.4, -0.2) is 48.0 Å². The van der Waals surface area contributed by atoms with Crippen LogP contribution in [0.1, 0.15) is 38.1 Å². The largest absolute Gasteiger partial charge is 0.388 e. The maximum absolute atomic E-state index is 10.3. The molecule has 1 heterocycles. The smallest absolute Gasteiger partial charge is 0.134 e. The van der Waals surface area contributed by atoms with Gasteiger partial charge in [0, 0.05) is 45.7 Å². The zero-order valence-corrected chi connectivity index (χ0v) is 13.8. The fourth-order valence-electron chi connectivity index (χ4n) is 2.00. The van der Waals surface area contributed by atoms with Crippen molar-refractivity contribution in [1.82, 2.24) is 9.97 Å². The maximum atomic E-state index is 10.3. The minimum atomic E-state index is -0.835.